The van der Waals surface area contributed by atoms with E-state index in [0.29, 0.717) is 24.8 Å². The predicted octanol–water partition coefficient (Wildman–Crippen LogP) is 1.82. The summed E-state index contributed by atoms with van der Waals surface area (Å²) in [5, 5.41) is 0.899. The summed E-state index contributed by atoms with van der Waals surface area (Å²) >= 11 is 0. The van der Waals surface area contributed by atoms with Crippen LogP contribution in [0.2, 0.25) is 0 Å². The minimum atomic E-state index is -3.43. The van der Waals surface area contributed by atoms with Crippen molar-refractivity contribution < 1.29 is 27.5 Å². The van der Waals surface area contributed by atoms with Crippen LogP contribution in [0.1, 0.15) is 23.1 Å². The Balaban J connectivity index is 2.15. The summed E-state index contributed by atoms with van der Waals surface area (Å²) in [6.07, 6.45) is 4.40. The topological polar surface area (TPSA) is 91.7 Å². The highest BCUT2D eigenvalue weighted by Gasteiger charge is 2.38. The van der Waals surface area contributed by atoms with Gasteiger partial charge in [-0.15, -0.1) is 0 Å². The molecule has 0 aliphatic heterocycles. The minimum absolute atomic E-state index is 0.284. The maximum atomic E-state index is 12.2. The fourth-order valence-corrected chi connectivity index (χ4v) is 4.84. The monoisotopic (exact) mass is 393 g/mol. The molecule has 0 bridgehead atoms. The van der Waals surface area contributed by atoms with Gasteiger partial charge in [0.25, 0.3) is 0 Å². The Morgan fingerprint density at radius 2 is 1.81 bits per heavy atom. The van der Waals surface area contributed by atoms with Crippen molar-refractivity contribution in [1.29, 1.82) is 0 Å². The van der Waals surface area contributed by atoms with Gasteiger partial charge in [0.05, 0.1) is 26.0 Å². The molecule has 7 nitrogen and oxygen atoms in total. The summed E-state index contributed by atoms with van der Waals surface area (Å²) in [5.41, 5.74) is 3.49. The van der Waals surface area contributed by atoms with Crippen LogP contribution in [0, 0.1) is 18.8 Å². The molecule has 1 atom stereocenters. The third-order valence-electron chi connectivity index (χ3n) is 5.35. The predicted molar refractivity (Wildman–Crippen MR) is 100.0 cm³/mol. The van der Waals surface area contributed by atoms with Gasteiger partial charge in [0, 0.05) is 11.6 Å². The molecule has 0 radical (unpaired) electrons. The highest BCUT2D eigenvalue weighted by Crippen LogP contribution is 2.37. The molecule has 3 rings (SSSR count). The number of hydrogen-bond donors (Lipinski definition) is 0. The second-order valence-corrected chi connectivity index (χ2v) is 8.85. The quantitative estimate of drug-likeness (QED) is 0.581. The first kappa shape index (κ1) is 19.4. The lowest BCUT2D eigenvalue weighted by Crippen LogP contribution is -2.34. The van der Waals surface area contributed by atoms with Gasteiger partial charge in [-0.3, -0.25) is 9.59 Å². The van der Waals surface area contributed by atoms with E-state index in [9.17, 15) is 18.0 Å². The number of esters is 2. The standard InChI is InChI=1S/C19H23NO6S/c1-11-5-8-15-16-13(10-20(15)27(4,23)24)7-6-12(9-14(11)16)17(18(21)25-2)19(22)26-3/h5,8,10,12,17H,6-7,9H2,1-4H3. The van der Waals surface area contributed by atoms with Crippen LogP contribution in [0.4, 0.5) is 0 Å². The SMILES string of the molecule is COC(=O)C(C(=O)OC)C1CCc2cn(S(C)(=O)=O)c3ccc(C)c(c23)C1. The molecule has 27 heavy (non-hydrogen) atoms. The Morgan fingerprint density at radius 3 is 2.37 bits per heavy atom. The van der Waals surface area contributed by atoms with Gasteiger partial charge in [-0.05, 0) is 54.9 Å². The Morgan fingerprint density at radius 1 is 1.19 bits per heavy atom. The molecular weight excluding hydrogens is 370 g/mol. The lowest BCUT2D eigenvalue weighted by Gasteiger charge is -2.23. The fraction of sp³-hybridized carbons (Fsp3) is 0.474. The molecule has 1 aromatic carbocycles. The van der Waals surface area contributed by atoms with Gasteiger partial charge in [0.15, 0.2) is 5.92 Å². The van der Waals surface area contributed by atoms with Crippen LogP contribution in [0.15, 0.2) is 18.3 Å². The zero-order chi connectivity index (χ0) is 19.9. The summed E-state index contributed by atoms with van der Waals surface area (Å²) < 4.78 is 35.3. The van der Waals surface area contributed by atoms with Gasteiger partial charge >= 0.3 is 11.9 Å². The van der Waals surface area contributed by atoms with Crippen LogP contribution in [0.5, 0.6) is 0 Å². The van der Waals surface area contributed by atoms with Crippen LogP contribution < -0.4 is 0 Å². The highest BCUT2D eigenvalue weighted by atomic mass is 32.2. The number of carbonyl (C=O) groups excluding carboxylic acids is 2. The van der Waals surface area contributed by atoms with E-state index in [-0.39, 0.29) is 5.92 Å². The smallest absolute Gasteiger partial charge is 0.320 e. The second-order valence-electron chi connectivity index (χ2n) is 7.00. The lowest BCUT2D eigenvalue weighted by atomic mass is 9.83. The van der Waals surface area contributed by atoms with Gasteiger partial charge in [-0.2, -0.15) is 0 Å². The number of carbonyl (C=O) groups is 2. The average Bonchev–Trinajstić information content (AvgIpc) is 2.89. The Labute approximate surface area is 158 Å². The summed E-state index contributed by atoms with van der Waals surface area (Å²) in [4.78, 5) is 24.5. The number of ether oxygens (including phenoxy) is 2. The van der Waals surface area contributed by atoms with E-state index in [4.69, 9.17) is 9.47 Å². The van der Waals surface area contributed by atoms with E-state index in [2.05, 4.69) is 0 Å². The molecular formula is C19H23NO6S. The molecule has 0 spiro atoms. The summed E-state index contributed by atoms with van der Waals surface area (Å²) in [5.74, 6) is -2.50. The average molecular weight is 393 g/mol. The zero-order valence-electron chi connectivity index (χ0n) is 15.8. The van der Waals surface area contributed by atoms with Crippen molar-refractivity contribution in [2.45, 2.75) is 26.2 Å². The molecule has 1 heterocycles. The van der Waals surface area contributed by atoms with E-state index in [1.54, 1.807) is 12.3 Å². The molecule has 0 fully saturated rings. The summed E-state index contributed by atoms with van der Waals surface area (Å²) in [6, 6.07) is 3.67. The molecule has 8 heteroatoms. The first-order valence-corrected chi connectivity index (χ1v) is 10.5. The van der Waals surface area contributed by atoms with E-state index >= 15 is 0 Å². The van der Waals surface area contributed by atoms with Crippen LogP contribution in [-0.4, -0.2) is 44.8 Å². The molecule has 0 amide bonds. The van der Waals surface area contributed by atoms with E-state index < -0.39 is 27.9 Å². The first-order chi connectivity index (χ1) is 12.7. The van der Waals surface area contributed by atoms with Crippen molar-refractivity contribution >= 4 is 32.9 Å². The van der Waals surface area contributed by atoms with Crippen molar-refractivity contribution in [3.05, 3.63) is 35.0 Å². The van der Waals surface area contributed by atoms with E-state index in [1.807, 2.05) is 13.0 Å². The van der Waals surface area contributed by atoms with Crippen LogP contribution in [0.3, 0.4) is 0 Å². The summed E-state index contributed by atoms with van der Waals surface area (Å²) in [6.45, 7) is 1.95. The van der Waals surface area contributed by atoms with Crippen molar-refractivity contribution in [3.63, 3.8) is 0 Å². The van der Waals surface area contributed by atoms with Crippen LogP contribution in [-0.2, 0) is 41.9 Å². The minimum Gasteiger partial charge on any atom is -0.468 e. The maximum absolute atomic E-state index is 12.2. The molecule has 0 N–H and O–H groups in total. The van der Waals surface area contributed by atoms with Crippen LogP contribution in [0.25, 0.3) is 10.9 Å². The lowest BCUT2D eigenvalue weighted by molar-refractivity contribution is -0.161. The first-order valence-electron chi connectivity index (χ1n) is 8.67. The Hall–Kier alpha value is -2.35. The third-order valence-corrected chi connectivity index (χ3v) is 6.36. The Kier molecular flexibility index (Phi) is 5.03. The molecule has 1 aliphatic carbocycles. The summed E-state index contributed by atoms with van der Waals surface area (Å²) in [7, 11) is -0.919. The number of rotatable bonds is 4. The van der Waals surface area contributed by atoms with Gasteiger partial charge < -0.3 is 9.47 Å². The third kappa shape index (κ3) is 3.34. The van der Waals surface area contributed by atoms with Gasteiger partial charge in [0.1, 0.15) is 0 Å². The number of hydrogen-bond acceptors (Lipinski definition) is 6. The van der Waals surface area contributed by atoms with E-state index in [0.717, 1.165) is 22.1 Å². The highest BCUT2D eigenvalue weighted by molar-refractivity contribution is 7.89. The van der Waals surface area contributed by atoms with Gasteiger partial charge in [-0.1, -0.05) is 6.07 Å². The number of aryl methyl sites for hydroxylation is 2. The molecule has 0 saturated carbocycles. The number of aromatic nitrogens is 1. The zero-order valence-corrected chi connectivity index (χ0v) is 16.6. The number of nitrogens with zero attached hydrogens (tertiary/aromatic N) is 1. The molecule has 1 unspecified atom stereocenters. The van der Waals surface area contributed by atoms with Crippen LogP contribution >= 0.6 is 0 Å². The van der Waals surface area contributed by atoms with E-state index in [1.165, 1.54) is 24.4 Å². The molecule has 1 aliphatic rings. The van der Waals surface area contributed by atoms with Crippen molar-refractivity contribution in [2.24, 2.45) is 11.8 Å². The normalized spacial score (nSPS) is 17.0. The van der Waals surface area contributed by atoms with Crippen molar-refractivity contribution in [2.75, 3.05) is 20.5 Å². The van der Waals surface area contributed by atoms with Crippen molar-refractivity contribution in [1.82, 2.24) is 3.97 Å². The number of benzene rings is 1. The Bertz CT molecular complexity index is 1000. The van der Waals surface area contributed by atoms with Gasteiger partial charge in [0.2, 0.25) is 10.0 Å². The maximum Gasteiger partial charge on any atom is 0.320 e. The molecule has 146 valence electrons. The number of methoxy groups -OCH3 is 2. The molecule has 2 aromatic rings. The molecule has 0 saturated heterocycles. The second kappa shape index (κ2) is 6.99. The van der Waals surface area contributed by atoms with Crippen molar-refractivity contribution in [3.8, 4) is 0 Å². The largest absolute Gasteiger partial charge is 0.468 e. The molecule has 1 aromatic heterocycles. The fourth-order valence-electron chi connectivity index (χ4n) is 4.01. The van der Waals surface area contributed by atoms with Gasteiger partial charge in [-0.25, -0.2) is 12.4 Å².